The normalized spacial score (nSPS) is 16.2. The molecule has 13 heteroatoms. The number of amidine groups is 1. The molecule has 1 aromatic carbocycles. The van der Waals surface area contributed by atoms with E-state index in [0.29, 0.717) is 32.8 Å². The number of benzene rings is 1. The van der Waals surface area contributed by atoms with E-state index in [0.717, 1.165) is 0 Å². The number of aliphatic imine (C=N–C) groups is 2. The number of nitrogens with zero attached hydrogens (tertiary/aromatic N) is 6. The minimum absolute atomic E-state index is 0.0428. The zero-order valence-corrected chi connectivity index (χ0v) is 21.2. The standard InChI is InChI=1S/C25H27F3N8O2/c1-14(37)35-8-7-34(23(38)25(35,2)3)20-9-15(5-6-18(20)26)19-10-17(16-11-32-36(12-16)24(27)28)21(33-19)22(29)31-13-30-4/h5-6,9-13,24,33H,7-8H2,1-4H3,(H2,29,30,31). The minimum atomic E-state index is -2.83. The number of H-pyrrole nitrogens is 1. The van der Waals surface area contributed by atoms with E-state index in [4.69, 9.17) is 5.73 Å². The van der Waals surface area contributed by atoms with Gasteiger partial charge in [0.1, 0.15) is 23.5 Å². The number of piperazine rings is 1. The van der Waals surface area contributed by atoms with E-state index in [1.54, 1.807) is 19.9 Å². The molecule has 0 unspecified atom stereocenters. The Kier molecular flexibility index (Phi) is 7.11. The first kappa shape index (κ1) is 26.6. The number of nitrogens with two attached hydrogens (primary N) is 1. The van der Waals surface area contributed by atoms with Crippen molar-refractivity contribution in [3.63, 3.8) is 0 Å². The second-order valence-electron chi connectivity index (χ2n) is 9.20. The number of nitrogens with one attached hydrogen (secondary N) is 1. The van der Waals surface area contributed by atoms with Gasteiger partial charge in [-0.2, -0.15) is 13.9 Å². The zero-order valence-electron chi connectivity index (χ0n) is 21.2. The second kappa shape index (κ2) is 10.1. The van der Waals surface area contributed by atoms with E-state index >= 15 is 4.39 Å². The summed E-state index contributed by atoms with van der Waals surface area (Å²) in [6.45, 7) is 2.17. The fourth-order valence-electron chi connectivity index (χ4n) is 4.50. The largest absolute Gasteiger partial charge is 0.382 e. The highest BCUT2D eigenvalue weighted by Gasteiger charge is 2.44. The van der Waals surface area contributed by atoms with Crippen molar-refractivity contribution in [2.45, 2.75) is 32.9 Å². The lowest BCUT2D eigenvalue weighted by molar-refractivity contribution is -0.145. The van der Waals surface area contributed by atoms with Gasteiger partial charge in [0.2, 0.25) is 5.91 Å². The van der Waals surface area contributed by atoms with Crippen LogP contribution in [0, 0.1) is 5.82 Å². The van der Waals surface area contributed by atoms with Crippen molar-refractivity contribution in [1.82, 2.24) is 19.7 Å². The number of rotatable bonds is 6. The van der Waals surface area contributed by atoms with Crippen LogP contribution in [0.4, 0.5) is 18.9 Å². The van der Waals surface area contributed by atoms with Crippen molar-refractivity contribution < 1.29 is 22.8 Å². The Bertz CT molecular complexity index is 1440. The summed E-state index contributed by atoms with van der Waals surface area (Å²) in [4.78, 5) is 39.0. The molecule has 3 heterocycles. The average Bonchev–Trinajstić information content (AvgIpc) is 3.52. The Labute approximate surface area is 216 Å². The van der Waals surface area contributed by atoms with Crippen LogP contribution in [0.3, 0.4) is 0 Å². The van der Waals surface area contributed by atoms with Crippen LogP contribution >= 0.6 is 0 Å². The molecule has 1 fully saturated rings. The van der Waals surface area contributed by atoms with E-state index in [2.05, 4.69) is 20.1 Å². The number of carbonyl (C=O) groups excluding carboxylic acids is 2. The summed E-state index contributed by atoms with van der Waals surface area (Å²) in [5.41, 5.74) is 7.13. The number of amides is 2. The number of hydrogen-bond acceptors (Lipinski definition) is 4. The summed E-state index contributed by atoms with van der Waals surface area (Å²) in [5, 5.41) is 3.69. The lowest BCUT2D eigenvalue weighted by Gasteiger charge is -2.45. The second-order valence-corrected chi connectivity index (χ2v) is 9.20. The number of hydrogen-bond donors (Lipinski definition) is 2. The maximum Gasteiger partial charge on any atom is 0.333 e. The van der Waals surface area contributed by atoms with E-state index in [9.17, 15) is 18.4 Å². The summed E-state index contributed by atoms with van der Waals surface area (Å²) in [6.07, 6.45) is 3.69. The Morgan fingerprint density at radius 2 is 1.97 bits per heavy atom. The molecule has 1 saturated heterocycles. The van der Waals surface area contributed by atoms with Crippen LogP contribution in [-0.4, -0.2) is 69.3 Å². The zero-order chi connectivity index (χ0) is 27.8. The maximum absolute atomic E-state index is 15.0. The topological polar surface area (TPSA) is 125 Å². The van der Waals surface area contributed by atoms with E-state index < -0.39 is 23.8 Å². The van der Waals surface area contributed by atoms with Gasteiger partial charge in [0.15, 0.2) is 0 Å². The maximum atomic E-state index is 15.0. The molecule has 3 N–H and O–H groups in total. The molecule has 4 rings (SSSR count). The van der Waals surface area contributed by atoms with E-state index in [1.807, 2.05) is 0 Å². The fraction of sp³-hybridized carbons (Fsp3) is 0.320. The Balaban J connectivity index is 1.79. The molecule has 3 aromatic rings. The third-order valence-corrected chi connectivity index (χ3v) is 6.42. The first-order valence-electron chi connectivity index (χ1n) is 11.7. The predicted molar refractivity (Wildman–Crippen MR) is 138 cm³/mol. The Morgan fingerprint density at radius 1 is 1.24 bits per heavy atom. The molecule has 1 aliphatic rings. The highest BCUT2D eigenvalue weighted by molar-refractivity contribution is 6.06. The van der Waals surface area contributed by atoms with Crippen LogP contribution in [0.5, 0.6) is 0 Å². The number of carbonyl (C=O) groups is 2. The number of anilines is 1. The third kappa shape index (κ3) is 4.78. The Morgan fingerprint density at radius 3 is 2.61 bits per heavy atom. The third-order valence-electron chi connectivity index (χ3n) is 6.42. The lowest BCUT2D eigenvalue weighted by Crippen LogP contribution is -2.64. The van der Waals surface area contributed by atoms with E-state index in [1.165, 1.54) is 60.7 Å². The van der Waals surface area contributed by atoms with Gasteiger partial charge in [0.25, 0.3) is 5.91 Å². The van der Waals surface area contributed by atoms with Gasteiger partial charge in [0, 0.05) is 55.6 Å². The molecule has 2 aromatic heterocycles. The first-order valence-corrected chi connectivity index (χ1v) is 11.7. The molecule has 0 saturated carbocycles. The molecule has 0 aliphatic carbocycles. The van der Waals surface area contributed by atoms with Gasteiger partial charge in [-0.25, -0.2) is 14.1 Å². The van der Waals surface area contributed by atoms with Crippen LogP contribution < -0.4 is 10.6 Å². The van der Waals surface area contributed by atoms with Crippen molar-refractivity contribution in [1.29, 1.82) is 0 Å². The summed E-state index contributed by atoms with van der Waals surface area (Å²) in [7, 11) is 1.52. The first-order chi connectivity index (χ1) is 17.9. The van der Waals surface area contributed by atoms with Gasteiger partial charge >= 0.3 is 6.55 Å². The molecule has 0 radical (unpaired) electrons. The summed E-state index contributed by atoms with van der Waals surface area (Å²) in [5.74, 6) is -1.23. The summed E-state index contributed by atoms with van der Waals surface area (Å²) >= 11 is 0. The molecular formula is C25H27F3N8O2. The minimum Gasteiger partial charge on any atom is -0.382 e. The molecule has 2 amide bonds. The van der Waals surface area contributed by atoms with Crippen molar-refractivity contribution in [3.05, 3.63) is 48.2 Å². The van der Waals surface area contributed by atoms with Gasteiger partial charge in [-0.3, -0.25) is 14.6 Å². The molecule has 0 bridgehead atoms. The van der Waals surface area contributed by atoms with Crippen LogP contribution in [0.1, 0.15) is 33.0 Å². The molecular weight excluding hydrogens is 501 g/mol. The lowest BCUT2D eigenvalue weighted by atomic mass is 9.96. The predicted octanol–water partition coefficient (Wildman–Crippen LogP) is 3.42. The highest BCUT2D eigenvalue weighted by Crippen LogP contribution is 2.35. The van der Waals surface area contributed by atoms with Crippen LogP contribution in [0.2, 0.25) is 0 Å². The van der Waals surface area contributed by atoms with Crippen LogP contribution in [0.25, 0.3) is 22.4 Å². The SMILES string of the molecule is CN=CN=C(N)c1[nH]c(-c2ccc(F)c(N3CCN(C(C)=O)C(C)(C)C3=O)c2)cc1-c1cnn(C(F)F)c1. The fourth-order valence-corrected chi connectivity index (χ4v) is 4.50. The number of aromatic amines is 1. The molecule has 1 aliphatic heterocycles. The molecule has 0 spiro atoms. The van der Waals surface area contributed by atoms with Crippen LogP contribution in [0.15, 0.2) is 46.6 Å². The Hall–Kier alpha value is -4.42. The monoisotopic (exact) mass is 528 g/mol. The van der Waals surface area contributed by atoms with Gasteiger partial charge in [0.05, 0.1) is 17.6 Å². The molecule has 38 heavy (non-hydrogen) atoms. The number of aromatic nitrogens is 3. The molecule has 200 valence electrons. The number of alkyl halides is 2. The molecule has 10 nitrogen and oxygen atoms in total. The van der Waals surface area contributed by atoms with Crippen molar-refractivity contribution in [2.24, 2.45) is 15.7 Å². The highest BCUT2D eigenvalue weighted by atomic mass is 19.3. The quantitative estimate of drug-likeness (QED) is 0.376. The van der Waals surface area contributed by atoms with E-state index in [-0.39, 0.29) is 30.5 Å². The van der Waals surface area contributed by atoms with Gasteiger partial charge in [-0.1, -0.05) is 0 Å². The number of halogens is 3. The summed E-state index contributed by atoms with van der Waals surface area (Å²) < 4.78 is 41.8. The van der Waals surface area contributed by atoms with Crippen molar-refractivity contribution in [2.75, 3.05) is 25.0 Å². The van der Waals surface area contributed by atoms with Crippen molar-refractivity contribution >= 4 is 29.7 Å². The van der Waals surface area contributed by atoms with Gasteiger partial charge in [-0.15, -0.1) is 0 Å². The van der Waals surface area contributed by atoms with Gasteiger partial charge in [-0.05, 0) is 38.1 Å². The van der Waals surface area contributed by atoms with Crippen molar-refractivity contribution in [3.8, 4) is 22.4 Å². The van der Waals surface area contributed by atoms with Crippen LogP contribution in [-0.2, 0) is 9.59 Å². The smallest absolute Gasteiger partial charge is 0.333 e. The summed E-state index contributed by atoms with van der Waals surface area (Å²) in [6, 6.07) is 5.92. The van der Waals surface area contributed by atoms with Gasteiger partial charge < -0.3 is 20.5 Å². The molecule has 0 atom stereocenters. The average molecular weight is 529 g/mol.